The zero-order valence-electron chi connectivity index (χ0n) is 14.3. The number of carbonyl (C=O) groups is 1. The van der Waals surface area contributed by atoms with Crippen LogP contribution in [0.3, 0.4) is 0 Å². The summed E-state index contributed by atoms with van der Waals surface area (Å²) in [7, 11) is 0. The molecule has 0 aliphatic carbocycles. The second-order valence-corrected chi connectivity index (χ2v) is 8.46. The molecule has 2 atom stereocenters. The Morgan fingerprint density at radius 3 is 3.08 bits per heavy atom. The van der Waals surface area contributed by atoms with E-state index in [2.05, 4.69) is 16.3 Å². The maximum Gasteiger partial charge on any atom is 0.324 e. The predicted molar refractivity (Wildman–Crippen MR) is 98.2 cm³/mol. The fourth-order valence-corrected chi connectivity index (χ4v) is 5.57. The van der Waals surface area contributed by atoms with Crippen LogP contribution in [0.4, 0.5) is 9.93 Å². The van der Waals surface area contributed by atoms with Crippen molar-refractivity contribution in [3.05, 3.63) is 17.7 Å². The minimum absolute atomic E-state index is 0.0151. The lowest BCUT2D eigenvalue weighted by Gasteiger charge is -2.43. The smallest absolute Gasteiger partial charge is 0.324 e. The summed E-state index contributed by atoms with van der Waals surface area (Å²) in [6.07, 6.45) is 1.88. The van der Waals surface area contributed by atoms with E-state index in [-0.39, 0.29) is 18.1 Å². The van der Waals surface area contributed by atoms with E-state index in [9.17, 15) is 4.79 Å². The third-order valence-corrected chi connectivity index (χ3v) is 7.06. The Balaban J connectivity index is 1.36. The standard InChI is InChI=1S/C18H20N4O3S/c23-17-19-12-3-5-21(10-8-24-9-10)7-13(12)22(17)18-20-16-11-4-6-25-14(11)1-2-15(16)26-18/h1-2,10,12-13H,3-9H2,(H,19,23)/t12-,13+/m0/s1. The number of piperidine rings is 1. The average molecular weight is 372 g/mol. The van der Waals surface area contributed by atoms with E-state index in [1.54, 1.807) is 11.3 Å². The molecule has 4 aliphatic heterocycles. The molecule has 1 aromatic carbocycles. The fraction of sp³-hybridized carbons (Fsp3) is 0.556. The lowest BCUT2D eigenvalue weighted by molar-refractivity contribution is -0.0727. The number of benzene rings is 1. The van der Waals surface area contributed by atoms with Gasteiger partial charge in [0, 0.05) is 25.1 Å². The Labute approximate surface area is 154 Å². The SMILES string of the molecule is O=C1N[C@H]2CCN(C3COC3)C[C@H]2N1c1nc2c3c(ccc2s1)OCC3. The van der Waals surface area contributed by atoms with Gasteiger partial charge >= 0.3 is 6.03 Å². The van der Waals surface area contributed by atoms with Gasteiger partial charge in [0.25, 0.3) is 0 Å². The van der Waals surface area contributed by atoms with Crippen LogP contribution < -0.4 is 15.0 Å². The number of aromatic nitrogens is 1. The molecule has 8 heteroatoms. The van der Waals surface area contributed by atoms with Crippen molar-refractivity contribution in [2.24, 2.45) is 0 Å². The van der Waals surface area contributed by atoms with Gasteiger partial charge in [-0.05, 0) is 18.6 Å². The van der Waals surface area contributed by atoms with Crippen LogP contribution in [0, 0.1) is 0 Å². The van der Waals surface area contributed by atoms with Crippen molar-refractivity contribution < 1.29 is 14.3 Å². The maximum atomic E-state index is 12.7. The molecule has 6 rings (SSSR count). The van der Waals surface area contributed by atoms with Crippen LogP contribution in [-0.4, -0.2) is 67.0 Å². The minimum atomic E-state index is -0.0151. The summed E-state index contributed by atoms with van der Waals surface area (Å²) in [6.45, 7) is 4.25. The largest absolute Gasteiger partial charge is 0.493 e. The van der Waals surface area contributed by atoms with E-state index in [1.165, 1.54) is 5.56 Å². The molecule has 0 saturated carbocycles. The van der Waals surface area contributed by atoms with Crippen LogP contribution in [0.15, 0.2) is 12.1 Å². The van der Waals surface area contributed by atoms with Gasteiger partial charge in [-0.25, -0.2) is 9.78 Å². The number of likely N-dealkylation sites (tertiary alicyclic amines) is 1. The average Bonchev–Trinajstić information content (AvgIpc) is 3.26. The van der Waals surface area contributed by atoms with E-state index in [4.69, 9.17) is 14.5 Å². The van der Waals surface area contributed by atoms with Crippen LogP contribution in [-0.2, 0) is 11.2 Å². The summed E-state index contributed by atoms with van der Waals surface area (Å²) in [5.74, 6) is 0.937. The Morgan fingerprint density at radius 1 is 1.31 bits per heavy atom. The Bertz CT molecular complexity index is 896. The zero-order chi connectivity index (χ0) is 17.3. The molecule has 0 bridgehead atoms. The normalized spacial score (nSPS) is 28.6. The van der Waals surface area contributed by atoms with Crippen LogP contribution in [0.25, 0.3) is 10.2 Å². The van der Waals surface area contributed by atoms with E-state index < -0.39 is 0 Å². The summed E-state index contributed by atoms with van der Waals surface area (Å²) in [4.78, 5) is 22.0. The van der Waals surface area contributed by atoms with Gasteiger partial charge in [-0.15, -0.1) is 0 Å². The molecule has 5 heterocycles. The van der Waals surface area contributed by atoms with E-state index in [0.717, 1.165) is 60.2 Å². The molecule has 4 aliphatic rings. The van der Waals surface area contributed by atoms with Crippen LogP contribution in [0.2, 0.25) is 0 Å². The monoisotopic (exact) mass is 372 g/mol. The lowest BCUT2D eigenvalue weighted by Crippen LogP contribution is -2.59. The molecule has 7 nitrogen and oxygen atoms in total. The van der Waals surface area contributed by atoms with E-state index in [0.29, 0.717) is 12.6 Å². The third-order valence-electron chi connectivity index (χ3n) is 6.04. The number of thiazole rings is 1. The number of nitrogens with zero attached hydrogens (tertiary/aromatic N) is 3. The Morgan fingerprint density at radius 2 is 2.23 bits per heavy atom. The van der Waals surface area contributed by atoms with Gasteiger partial charge in [0.1, 0.15) is 5.75 Å². The van der Waals surface area contributed by atoms with Gasteiger partial charge in [0.15, 0.2) is 5.13 Å². The third kappa shape index (κ3) is 2.12. The number of carbonyl (C=O) groups excluding carboxylic acids is 1. The highest BCUT2D eigenvalue weighted by Gasteiger charge is 2.46. The van der Waals surface area contributed by atoms with Crippen molar-refractivity contribution in [1.29, 1.82) is 0 Å². The number of urea groups is 1. The van der Waals surface area contributed by atoms with Gasteiger partial charge in [0.05, 0.1) is 48.2 Å². The first-order chi connectivity index (χ1) is 12.8. The first-order valence-corrected chi connectivity index (χ1v) is 10.1. The highest BCUT2D eigenvalue weighted by molar-refractivity contribution is 7.22. The molecule has 1 N–H and O–H groups in total. The van der Waals surface area contributed by atoms with Crippen molar-refractivity contribution >= 4 is 32.7 Å². The van der Waals surface area contributed by atoms with Crippen molar-refractivity contribution in [2.75, 3.05) is 37.8 Å². The van der Waals surface area contributed by atoms with Gasteiger partial charge < -0.3 is 14.8 Å². The number of nitrogens with one attached hydrogen (secondary N) is 1. The molecule has 3 fully saturated rings. The quantitative estimate of drug-likeness (QED) is 0.867. The van der Waals surface area contributed by atoms with Crippen molar-refractivity contribution in [3.8, 4) is 5.75 Å². The zero-order valence-corrected chi connectivity index (χ0v) is 15.1. The molecule has 1 aromatic heterocycles. The number of ether oxygens (including phenoxy) is 2. The van der Waals surface area contributed by atoms with Crippen molar-refractivity contribution in [3.63, 3.8) is 0 Å². The summed E-state index contributed by atoms with van der Waals surface area (Å²) in [5, 5.41) is 3.97. The summed E-state index contributed by atoms with van der Waals surface area (Å²) in [6, 6.07) is 4.93. The van der Waals surface area contributed by atoms with E-state index in [1.807, 2.05) is 11.0 Å². The molecule has 0 radical (unpaired) electrons. The number of rotatable bonds is 2. The molecular formula is C18H20N4O3S. The second kappa shape index (κ2) is 5.55. The summed E-state index contributed by atoms with van der Waals surface area (Å²) >= 11 is 1.60. The molecule has 136 valence electrons. The highest BCUT2D eigenvalue weighted by Crippen LogP contribution is 2.39. The number of hydrogen-bond donors (Lipinski definition) is 1. The maximum absolute atomic E-state index is 12.7. The number of fused-ring (bicyclic) bond motifs is 4. The number of anilines is 1. The van der Waals surface area contributed by atoms with Crippen LogP contribution >= 0.6 is 11.3 Å². The van der Waals surface area contributed by atoms with Crippen LogP contribution in [0.1, 0.15) is 12.0 Å². The molecular weight excluding hydrogens is 352 g/mol. The Hall–Kier alpha value is -1.90. The second-order valence-electron chi connectivity index (χ2n) is 7.45. The topological polar surface area (TPSA) is 66.9 Å². The molecule has 26 heavy (non-hydrogen) atoms. The van der Waals surface area contributed by atoms with Crippen molar-refractivity contribution in [1.82, 2.24) is 15.2 Å². The van der Waals surface area contributed by atoms with Gasteiger partial charge in [-0.3, -0.25) is 9.80 Å². The van der Waals surface area contributed by atoms with E-state index >= 15 is 0 Å². The molecule has 3 saturated heterocycles. The highest BCUT2D eigenvalue weighted by atomic mass is 32.1. The van der Waals surface area contributed by atoms with Gasteiger partial charge in [0.2, 0.25) is 0 Å². The predicted octanol–water partition coefficient (Wildman–Crippen LogP) is 1.60. The lowest BCUT2D eigenvalue weighted by atomic mass is 9.98. The molecule has 2 aromatic rings. The Kier molecular flexibility index (Phi) is 3.24. The van der Waals surface area contributed by atoms with Gasteiger partial charge in [-0.1, -0.05) is 11.3 Å². The molecule has 0 unspecified atom stereocenters. The molecule has 2 amide bonds. The number of amides is 2. The van der Waals surface area contributed by atoms with Crippen molar-refractivity contribution in [2.45, 2.75) is 31.0 Å². The van der Waals surface area contributed by atoms with Gasteiger partial charge in [-0.2, -0.15) is 0 Å². The number of hydrogen-bond acceptors (Lipinski definition) is 6. The summed E-state index contributed by atoms with van der Waals surface area (Å²) < 4.78 is 12.1. The van der Waals surface area contributed by atoms with Crippen LogP contribution in [0.5, 0.6) is 5.75 Å². The minimum Gasteiger partial charge on any atom is -0.493 e. The fourth-order valence-electron chi connectivity index (χ4n) is 4.52. The summed E-state index contributed by atoms with van der Waals surface area (Å²) in [5.41, 5.74) is 2.18. The molecule has 0 spiro atoms. The first-order valence-electron chi connectivity index (χ1n) is 9.25. The first kappa shape index (κ1) is 15.2.